The molecule has 1 heterocycles. The number of nitrogens with one attached hydrogen (secondary N) is 1. The van der Waals surface area contributed by atoms with Gasteiger partial charge in [-0.1, -0.05) is 6.92 Å². The fourth-order valence-electron chi connectivity index (χ4n) is 2.71. The summed E-state index contributed by atoms with van der Waals surface area (Å²) >= 11 is 0. The molecule has 0 amide bonds. The van der Waals surface area contributed by atoms with Crippen LogP contribution in [0.5, 0.6) is 0 Å². The summed E-state index contributed by atoms with van der Waals surface area (Å²) < 4.78 is 5.53. The molecule has 0 aromatic rings. The lowest BCUT2D eigenvalue weighted by molar-refractivity contribution is -0.151. The molecule has 1 saturated carbocycles. The number of rotatable bonds is 3. The monoisotopic (exact) mass is 225 g/mol. The molecule has 1 unspecified atom stereocenters. The van der Waals surface area contributed by atoms with Crippen LogP contribution < -0.4 is 5.32 Å². The predicted octanol–water partition coefficient (Wildman–Crippen LogP) is 2.11. The number of carbonyl (C=O) groups excluding carboxylic acids is 1. The molecule has 16 heavy (non-hydrogen) atoms. The third-order valence-corrected chi connectivity index (χ3v) is 3.88. The fraction of sp³-hybridized carbons (Fsp3) is 0.923. The van der Waals surface area contributed by atoms with Gasteiger partial charge in [0.25, 0.3) is 0 Å². The van der Waals surface area contributed by atoms with Gasteiger partial charge in [-0.15, -0.1) is 0 Å². The highest BCUT2D eigenvalue weighted by Crippen LogP contribution is 2.26. The van der Waals surface area contributed by atoms with E-state index in [1.54, 1.807) is 0 Å². The maximum absolute atomic E-state index is 11.7. The van der Waals surface area contributed by atoms with Gasteiger partial charge < -0.3 is 10.1 Å². The van der Waals surface area contributed by atoms with E-state index >= 15 is 0 Å². The van der Waals surface area contributed by atoms with E-state index in [0.717, 1.165) is 38.3 Å². The lowest BCUT2D eigenvalue weighted by atomic mass is 9.89. The molecular formula is C13H23NO2. The number of ether oxygens (including phenoxy) is 1. The Hall–Kier alpha value is -0.570. The Bertz CT molecular complexity index is 228. The topological polar surface area (TPSA) is 38.3 Å². The second-order valence-electron chi connectivity index (χ2n) is 5.43. The summed E-state index contributed by atoms with van der Waals surface area (Å²) in [5.41, 5.74) is 0. The number of carbonyl (C=O) groups is 1. The molecular weight excluding hydrogens is 202 g/mol. The standard InChI is InChI=1S/C13H23NO2/c1-10-2-4-12(5-3-10)16-13(15)8-11-6-7-14-9-11/h10-12,14H,2-9H2,1H3. The highest BCUT2D eigenvalue weighted by molar-refractivity contribution is 5.70. The van der Waals surface area contributed by atoms with Crippen molar-refractivity contribution in [2.75, 3.05) is 13.1 Å². The molecule has 2 rings (SSSR count). The van der Waals surface area contributed by atoms with Gasteiger partial charge >= 0.3 is 5.97 Å². The molecule has 3 nitrogen and oxygen atoms in total. The lowest BCUT2D eigenvalue weighted by Gasteiger charge is -2.26. The van der Waals surface area contributed by atoms with Crippen molar-refractivity contribution >= 4 is 5.97 Å². The third kappa shape index (κ3) is 3.48. The first-order chi connectivity index (χ1) is 7.74. The first-order valence-corrected chi connectivity index (χ1v) is 6.64. The lowest BCUT2D eigenvalue weighted by Crippen LogP contribution is -2.25. The summed E-state index contributed by atoms with van der Waals surface area (Å²) in [7, 11) is 0. The average molecular weight is 225 g/mol. The second kappa shape index (κ2) is 5.67. The van der Waals surface area contributed by atoms with Gasteiger partial charge in [0, 0.05) is 6.42 Å². The number of hydrogen-bond donors (Lipinski definition) is 1. The summed E-state index contributed by atoms with van der Waals surface area (Å²) in [4.78, 5) is 11.7. The number of esters is 1. The zero-order valence-electron chi connectivity index (χ0n) is 10.2. The van der Waals surface area contributed by atoms with Crippen LogP contribution in [0.2, 0.25) is 0 Å². The van der Waals surface area contributed by atoms with Crippen molar-refractivity contribution in [1.82, 2.24) is 5.32 Å². The summed E-state index contributed by atoms with van der Waals surface area (Å²) in [5, 5.41) is 3.28. The van der Waals surface area contributed by atoms with Crippen LogP contribution in [0.15, 0.2) is 0 Å². The largest absolute Gasteiger partial charge is 0.462 e. The van der Waals surface area contributed by atoms with Crippen LogP contribution >= 0.6 is 0 Å². The third-order valence-electron chi connectivity index (χ3n) is 3.88. The normalized spacial score (nSPS) is 34.9. The van der Waals surface area contributed by atoms with Crippen LogP contribution in [-0.2, 0) is 9.53 Å². The molecule has 92 valence electrons. The van der Waals surface area contributed by atoms with Crippen LogP contribution in [-0.4, -0.2) is 25.2 Å². The first kappa shape index (κ1) is 11.9. The summed E-state index contributed by atoms with van der Waals surface area (Å²) in [6.07, 6.45) is 6.49. The smallest absolute Gasteiger partial charge is 0.306 e. The molecule has 0 aromatic heterocycles. The Balaban J connectivity index is 1.66. The van der Waals surface area contributed by atoms with Crippen LogP contribution in [0.25, 0.3) is 0 Å². The van der Waals surface area contributed by atoms with E-state index in [4.69, 9.17) is 4.74 Å². The highest BCUT2D eigenvalue weighted by atomic mass is 16.5. The Labute approximate surface area is 97.9 Å². The van der Waals surface area contributed by atoms with Crippen molar-refractivity contribution in [3.63, 3.8) is 0 Å². The zero-order valence-corrected chi connectivity index (χ0v) is 10.2. The molecule has 1 atom stereocenters. The van der Waals surface area contributed by atoms with Crippen molar-refractivity contribution in [2.45, 2.75) is 51.6 Å². The van der Waals surface area contributed by atoms with Gasteiger partial charge in [0.2, 0.25) is 0 Å². The van der Waals surface area contributed by atoms with Crippen LogP contribution in [0.4, 0.5) is 0 Å². The Morgan fingerprint density at radius 3 is 2.62 bits per heavy atom. The maximum atomic E-state index is 11.7. The van der Waals surface area contributed by atoms with Gasteiger partial charge in [-0.2, -0.15) is 0 Å². The van der Waals surface area contributed by atoms with Gasteiger partial charge in [-0.05, 0) is 57.0 Å². The van der Waals surface area contributed by atoms with Crippen LogP contribution in [0.1, 0.15) is 45.4 Å². The van der Waals surface area contributed by atoms with Crippen molar-refractivity contribution in [2.24, 2.45) is 11.8 Å². The van der Waals surface area contributed by atoms with E-state index < -0.39 is 0 Å². The van der Waals surface area contributed by atoms with E-state index in [-0.39, 0.29) is 12.1 Å². The van der Waals surface area contributed by atoms with E-state index in [2.05, 4.69) is 12.2 Å². The van der Waals surface area contributed by atoms with Crippen molar-refractivity contribution in [1.29, 1.82) is 0 Å². The minimum Gasteiger partial charge on any atom is -0.462 e. The quantitative estimate of drug-likeness (QED) is 0.748. The molecule has 0 spiro atoms. The minimum atomic E-state index is 0.0215. The average Bonchev–Trinajstić information content (AvgIpc) is 2.74. The van der Waals surface area contributed by atoms with E-state index in [1.165, 1.54) is 12.8 Å². The molecule has 2 fully saturated rings. The van der Waals surface area contributed by atoms with E-state index in [1.807, 2.05) is 0 Å². The number of hydrogen-bond acceptors (Lipinski definition) is 3. The Kier molecular flexibility index (Phi) is 4.22. The second-order valence-corrected chi connectivity index (χ2v) is 5.43. The fourth-order valence-corrected chi connectivity index (χ4v) is 2.71. The zero-order chi connectivity index (χ0) is 11.4. The molecule has 0 bridgehead atoms. The molecule has 2 aliphatic rings. The molecule has 1 saturated heterocycles. The van der Waals surface area contributed by atoms with Crippen molar-refractivity contribution < 1.29 is 9.53 Å². The molecule has 3 heteroatoms. The molecule has 0 radical (unpaired) electrons. The Morgan fingerprint density at radius 2 is 2.00 bits per heavy atom. The molecule has 1 N–H and O–H groups in total. The van der Waals surface area contributed by atoms with Crippen molar-refractivity contribution in [3.05, 3.63) is 0 Å². The van der Waals surface area contributed by atoms with E-state index in [9.17, 15) is 4.79 Å². The van der Waals surface area contributed by atoms with Crippen LogP contribution in [0.3, 0.4) is 0 Å². The first-order valence-electron chi connectivity index (χ1n) is 6.64. The summed E-state index contributed by atoms with van der Waals surface area (Å²) in [5.74, 6) is 1.34. The minimum absolute atomic E-state index is 0.0215. The van der Waals surface area contributed by atoms with Crippen LogP contribution in [0, 0.1) is 11.8 Å². The predicted molar refractivity (Wildman–Crippen MR) is 63.1 cm³/mol. The SMILES string of the molecule is CC1CCC(OC(=O)CC2CCNC2)CC1. The van der Waals surface area contributed by atoms with Gasteiger partial charge in [0.15, 0.2) is 0 Å². The van der Waals surface area contributed by atoms with Gasteiger partial charge in [-0.3, -0.25) is 4.79 Å². The summed E-state index contributed by atoms with van der Waals surface area (Å²) in [6.45, 7) is 4.32. The van der Waals surface area contributed by atoms with E-state index in [0.29, 0.717) is 12.3 Å². The van der Waals surface area contributed by atoms with Gasteiger partial charge in [0.1, 0.15) is 6.10 Å². The Morgan fingerprint density at radius 1 is 1.25 bits per heavy atom. The molecule has 0 aromatic carbocycles. The van der Waals surface area contributed by atoms with Gasteiger partial charge in [-0.25, -0.2) is 0 Å². The molecule has 1 aliphatic carbocycles. The highest BCUT2D eigenvalue weighted by Gasteiger charge is 2.24. The van der Waals surface area contributed by atoms with Gasteiger partial charge in [0.05, 0.1) is 0 Å². The van der Waals surface area contributed by atoms with Crippen molar-refractivity contribution in [3.8, 4) is 0 Å². The maximum Gasteiger partial charge on any atom is 0.306 e. The molecule has 1 aliphatic heterocycles. The summed E-state index contributed by atoms with van der Waals surface area (Å²) in [6, 6.07) is 0.